The molecule has 0 spiro atoms. The number of nitrogens with one attached hydrogen (secondary N) is 1. The number of amides is 2. The van der Waals surface area contributed by atoms with E-state index in [0.717, 1.165) is 41.0 Å². The number of hydrogen-bond acceptors (Lipinski definition) is 5. The van der Waals surface area contributed by atoms with Gasteiger partial charge in [0, 0.05) is 60.7 Å². The van der Waals surface area contributed by atoms with E-state index in [4.69, 9.17) is 23.2 Å². The van der Waals surface area contributed by atoms with E-state index in [0.29, 0.717) is 24.2 Å². The number of hydrogen-bond donors (Lipinski definition) is 2. The van der Waals surface area contributed by atoms with Crippen molar-refractivity contribution in [2.24, 2.45) is 4.99 Å². The molecule has 0 unspecified atom stereocenters. The van der Waals surface area contributed by atoms with Gasteiger partial charge in [-0.3, -0.25) is 19.5 Å². The lowest BCUT2D eigenvalue weighted by molar-refractivity contribution is 0.0630. The first-order chi connectivity index (χ1) is 19.4. The minimum absolute atomic E-state index is 0.0191. The largest absolute Gasteiger partial charge is 0.506 e. The molecule has 9 heteroatoms. The molecule has 0 bridgehead atoms. The molecule has 0 atom stereocenters. The van der Waals surface area contributed by atoms with Crippen molar-refractivity contribution in [1.82, 2.24) is 15.1 Å². The number of benzene rings is 4. The van der Waals surface area contributed by atoms with Crippen LogP contribution in [0.1, 0.15) is 31.8 Å². The lowest BCUT2D eigenvalue weighted by Gasteiger charge is -2.35. The number of halogens is 2. The maximum Gasteiger partial charge on any atom is 0.254 e. The topological polar surface area (TPSA) is 85.2 Å². The van der Waals surface area contributed by atoms with E-state index >= 15 is 0 Å². The first kappa shape index (κ1) is 27.6. The fourth-order valence-corrected chi connectivity index (χ4v) is 5.07. The van der Waals surface area contributed by atoms with E-state index in [1.165, 1.54) is 23.8 Å². The van der Waals surface area contributed by atoms with Gasteiger partial charge in [-0.05, 0) is 52.7 Å². The second-order valence-electron chi connectivity index (χ2n) is 9.58. The lowest BCUT2D eigenvalue weighted by Crippen LogP contribution is -2.48. The fourth-order valence-electron chi connectivity index (χ4n) is 4.76. The molecular formula is C31H28Cl2N4O3. The lowest BCUT2D eigenvalue weighted by atomic mass is 9.99. The molecule has 204 valence electrons. The monoisotopic (exact) mass is 574 g/mol. The Balaban J connectivity index is 1.22. The van der Waals surface area contributed by atoms with Crippen LogP contribution in [0.3, 0.4) is 0 Å². The van der Waals surface area contributed by atoms with Gasteiger partial charge in [-0.2, -0.15) is 0 Å². The van der Waals surface area contributed by atoms with E-state index < -0.39 is 0 Å². The smallest absolute Gasteiger partial charge is 0.254 e. The molecule has 4 aromatic carbocycles. The number of fused-ring (bicyclic) bond motifs is 1. The zero-order chi connectivity index (χ0) is 28.1. The third-order valence-electron chi connectivity index (χ3n) is 6.94. The van der Waals surface area contributed by atoms with Crippen LogP contribution in [0, 0.1) is 0 Å². The van der Waals surface area contributed by atoms with Gasteiger partial charge in [0.15, 0.2) is 0 Å². The predicted octanol–water partition coefficient (Wildman–Crippen LogP) is 5.62. The molecule has 1 aliphatic heterocycles. The van der Waals surface area contributed by atoms with Crippen LogP contribution in [-0.4, -0.2) is 65.8 Å². The second-order valence-corrected chi connectivity index (χ2v) is 10.4. The molecule has 2 N–H and O–H groups in total. The number of carbonyl (C=O) groups excluding carboxylic acids is 2. The van der Waals surface area contributed by atoms with E-state index in [1.807, 2.05) is 65.6 Å². The number of rotatable bonds is 7. The molecule has 1 fully saturated rings. The minimum atomic E-state index is -0.349. The molecule has 0 aromatic heterocycles. The first-order valence-corrected chi connectivity index (χ1v) is 13.7. The zero-order valence-corrected chi connectivity index (χ0v) is 23.2. The van der Waals surface area contributed by atoms with Crippen molar-refractivity contribution in [2.45, 2.75) is 6.54 Å². The van der Waals surface area contributed by atoms with Gasteiger partial charge in [0.1, 0.15) is 12.4 Å². The summed E-state index contributed by atoms with van der Waals surface area (Å²) >= 11 is 11.9. The average molecular weight is 575 g/mol. The molecule has 1 heterocycles. The highest BCUT2D eigenvalue weighted by molar-refractivity contribution is 6.32. The number of aromatic hydroxyl groups is 1. The third kappa shape index (κ3) is 6.45. The molecule has 1 aliphatic rings. The molecule has 1 saturated heterocycles. The number of aliphatic imine (C=N–C) groups is 1. The Morgan fingerprint density at radius 3 is 2.35 bits per heavy atom. The van der Waals surface area contributed by atoms with Gasteiger partial charge in [0.2, 0.25) is 0 Å². The number of phenolic OH excluding ortho intramolecular Hbond substituents is 1. The number of phenols is 1. The van der Waals surface area contributed by atoms with E-state index in [9.17, 15) is 14.7 Å². The van der Waals surface area contributed by atoms with Crippen molar-refractivity contribution in [1.29, 1.82) is 0 Å². The molecule has 0 radical (unpaired) electrons. The van der Waals surface area contributed by atoms with Crippen molar-refractivity contribution in [3.63, 3.8) is 0 Å². The number of carbonyl (C=O) groups is 2. The summed E-state index contributed by atoms with van der Waals surface area (Å²) in [5.74, 6) is -0.412. The van der Waals surface area contributed by atoms with E-state index in [2.05, 4.69) is 15.2 Å². The summed E-state index contributed by atoms with van der Waals surface area (Å²) in [4.78, 5) is 34.5. The maximum atomic E-state index is 13.5. The Bertz CT molecular complexity index is 1570. The Morgan fingerprint density at radius 1 is 0.900 bits per heavy atom. The van der Waals surface area contributed by atoms with E-state index in [-0.39, 0.29) is 29.3 Å². The fraction of sp³-hybridized carbons (Fsp3) is 0.194. The van der Waals surface area contributed by atoms with Crippen molar-refractivity contribution in [2.75, 3.05) is 32.8 Å². The van der Waals surface area contributed by atoms with Gasteiger partial charge < -0.3 is 15.3 Å². The molecule has 0 saturated carbocycles. The third-order valence-corrected chi connectivity index (χ3v) is 7.49. The van der Waals surface area contributed by atoms with Crippen LogP contribution >= 0.6 is 23.2 Å². The normalized spacial score (nSPS) is 14.1. The van der Waals surface area contributed by atoms with Crippen LogP contribution in [0.5, 0.6) is 5.75 Å². The number of piperazine rings is 1. The predicted molar refractivity (Wildman–Crippen MR) is 160 cm³/mol. The molecule has 0 aliphatic carbocycles. The molecular weight excluding hydrogens is 547 g/mol. The summed E-state index contributed by atoms with van der Waals surface area (Å²) in [5, 5.41) is 14.9. The van der Waals surface area contributed by atoms with Crippen LogP contribution in [0.2, 0.25) is 10.0 Å². The SMILES string of the molecule is O=C(NC/N=C/c1ccc(C(=O)N2CCN(Cc3ccc(Cl)cc3)CC2)c2ccccc12)c1ccc(O)c(Cl)c1. The second kappa shape index (κ2) is 12.5. The van der Waals surface area contributed by atoms with Crippen LogP contribution in [-0.2, 0) is 6.54 Å². The summed E-state index contributed by atoms with van der Waals surface area (Å²) in [6, 6.07) is 23.7. The zero-order valence-electron chi connectivity index (χ0n) is 21.7. The minimum Gasteiger partial charge on any atom is -0.506 e. The molecule has 5 rings (SSSR count). The highest BCUT2D eigenvalue weighted by atomic mass is 35.5. The van der Waals surface area contributed by atoms with Crippen molar-refractivity contribution < 1.29 is 14.7 Å². The summed E-state index contributed by atoms with van der Waals surface area (Å²) in [5.41, 5.74) is 3.05. The molecule has 2 amide bonds. The summed E-state index contributed by atoms with van der Waals surface area (Å²) < 4.78 is 0. The van der Waals surface area contributed by atoms with Crippen LogP contribution in [0.25, 0.3) is 10.8 Å². The van der Waals surface area contributed by atoms with Gasteiger partial charge in [-0.25, -0.2) is 0 Å². The average Bonchev–Trinajstić information content (AvgIpc) is 2.98. The Hall–Kier alpha value is -3.91. The maximum absolute atomic E-state index is 13.5. The molecule has 7 nitrogen and oxygen atoms in total. The van der Waals surface area contributed by atoms with Crippen LogP contribution in [0.4, 0.5) is 0 Å². The van der Waals surface area contributed by atoms with Gasteiger partial charge in [-0.15, -0.1) is 0 Å². The van der Waals surface area contributed by atoms with Gasteiger partial charge in [-0.1, -0.05) is 65.7 Å². The highest BCUT2D eigenvalue weighted by Gasteiger charge is 2.23. The van der Waals surface area contributed by atoms with E-state index in [1.54, 1.807) is 6.21 Å². The Morgan fingerprint density at radius 2 is 1.62 bits per heavy atom. The van der Waals surface area contributed by atoms with Crippen molar-refractivity contribution in [3.8, 4) is 5.75 Å². The summed E-state index contributed by atoms with van der Waals surface area (Å²) in [7, 11) is 0. The summed E-state index contributed by atoms with van der Waals surface area (Å²) in [6.45, 7) is 3.83. The Labute approximate surface area is 242 Å². The van der Waals surface area contributed by atoms with Gasteiger partial charge in [0.25, 0.3) is 11.8 Å². The first-order valence-electron chi connectivity index (χ1n) is 12.9. The van der Waals surface area contributed by atoms with Crippen LogP contribution < -0.4 is 5.32 Å². The van der Waals surface area contributed by atoms with Crippen LogP contribution in [0.15, 0.2) is 83.9 Å². The quantitative estimate of drug-likeness (QED) is 0.281. The molecule has 4 aromatic rings. The highest BCUT2D eigenvalue weighted by Crippen LogP contribution is 2.25. The van der Waals surface area contributed by atoms with Crippen molar-refractivity contribution in [3.05, 3.63) is 111 Å². The number of nitrogens with zero attached hydrogens (tertiary/aromatic N) is 3. The van der Waals surface area contributed by atoms with Gasteiger partial charge in [0.05, 0.1) is 5.02 Å². The Kier molecular flexibility index (Phi) is 8.65. The summed E-state index contributed by atoms with van der Waals surface area (Å²) in [6.07, 6.45) is 1.69. The standard InChI is InChI=1S/C31H28Cl2N4O3/c32-24-9-5-21(6-10-24)19-36-13-15-37(16-14-36)31(40)27-11-7-23(25-3-1-2-4-26(25)27)18-34-20-35-30(39)22-8-12-29(38)28(33)17-22/h1-12,17-18,38H,13-16,19-20H2,(H,35,39)/b34-18+. The van der Waals surface area contributed by atoms with Crippen molar-refractivity contribution >= 4 is 52.0 Å². The molecule has 40 heavy (non-hydrogen) atoms. The van der Waals surface area contributed by atoms with Gasteiger partial charge >= 0.3 is 0 Å².